The molecule has 0 aliphatic heterocycles. The Hall–Kier alpha value is -2.30. The van der Waals surface area contributed by atoms with Crippen molar-refractivity contribution in [2.45, 2.75) is 33.2 Å². The van der Waals surface area contributed by atoms with E-state index in [1.54, 1.807) is 24.3 Å². The van der Waals surface area contributed by atoms with Gasteiger partial charge in [0.2, 0.25) is 0 Å². The van der Waals surface area contributed by atoms with Crippen molar-refractivity contribution >= 4 is 11.9 Å². The Bertz CT molecular complexity index is 557. The van der Waals surface area contributed by atoms with E-state index in [0.717, 1.165) is 5.57 Å². The van der Waals surface area contributed by atoms with E-state index in [0.29, 0.717) is 17.9 Å². The monoisotopic (exact) mass is 291 g/mol. The molecule has 1 rings (SSSR count). The first-order valence-corrected chi connectivity index (χ1v) is 6.64. The van der Waals surface area contributed by atoms with Crippen molar-refractivity contribution in [1.29, 1.82) is 0 Å². The van der Waals surface area contributed by atoms with E-state index in [2.05, 4.69) is 5.32 Å². The van der Waals surface area contributed by atoms with Crippen LogP contribution in [0, 0.1) is 0 Å². The van der Waals surface area contributed by atoms with Crippen LogP contribution in [-0.4, -0.2) is 29.1 Å². The van der Waals surface area contributed by atoms with Crippen molar-refractivity contribution in [3.8, 4) is 5.75 Å². The van der Waals surface area contributed by atoms with E-state index in [1.807, 2.05) is 19.9 Å². The van der Waals surface area contributed by atoms with Gasteiger partial charge in [-0.25, -0.2) is 4.79 Å². The first-order valence-electron chi connectivity index (χ1n) is 6.64. The summed E-state index contributed by atoms with van der Waals surface area (Å²) in [5.74, 6) is -0.977. The molecule has 0 bridgehead atoms. The number of hydrogen-bond donors (Lipinski definition) is 2. The summed E-state index contributed by atoms with van der Waals surface area (Å²) in [5.41, 5.74) is 0.182. The van der Waals surface area contributed by atoms with Gasteiger partial charge in [0.05, 0.1) is 0 Å². The SMILES string of the molecule is CC(C)=CCOc1cccc(C(=O)NC(C)(C)C(=O)O)c1. The summed E-state index contributed by atoms with van der Waals surface area (Å²) in [7, 11) is 0. The number of carbonyl (C=O) groups is 2. The van der Waals surface area contributed by atoms with Gasteiger partial charge < -0.3 is 15.2 Å². The molecule has 0 aromatic heterocycles. The number of nitrogens with one attached hydrogen (secondary N) is 1. The molecule has 5 heteroatoms. The maximum atomic E-state index is 12.1. The van der Waals surface area contributed by atoms with Crippen LogP contribution in [-0.2, 0) is 4.79 Å². The second kappa shape index (κ2) is 6.92. The third-order valence-electron chi connectivity index (χ3n) is 2.80. The highest BCUT2D eigenvalue weighted by molar-refractivity contribution is 5.97. The average molecular weight is 291 g/mol. The first-order chi connectivity index (χ1) is 9.72. The number of carbonyl (C=O) groups excluding carboxylic acids is 1. The number of ether oxygens (including phenoxy) is 1. The lowest BCUT2D eigenvalue weighted by molar-refractivity contribution is -0.143. The molecule has 0 saturated carbocycles. The second-order valence-electron chi connectivity index (χ2n) is 5.50. The largest absolute Gasteiger partial charge is 0.490 e. The fourth-order valence-corrected chi connectivity index (χ4v) is 1.44. The number of aliphatic carboxylic acids is 1. The number of hydrogen-bond acceptors (Lipinski definition) is 3. The lowest BCUT2D eigenvalue weighted by atomic mass is 10.1. The minimum Gasteiger partial charge on any atom is -0.490 e. The molecule has 0 unspecified atom stereocenters. The van der Waals surface area contributed by atoms with E-state index >= 15 is 0 Å². The van der Waals surface area contributed by atoms with Gasteiger partial charge in [-0.05, 0) is 52.0 Å². The number of allylic oxidation sites excluding steroid dienone is 1. The smallest absolute Gasteiger partial charge is 0.328 e. The van der Waals surface area contributed by atoms with Crippen LogP contribution in [0.2, 0.25) is 0 Å². The standard InChI is InChI=1S/C16H21NO4/c1-11(2)8-9-21-13-7-5-6-12(10-13)14(18)17-16(3,4)15(19)20/h5-8,10H,9H2,1-4H3,(H,17,18)(H,19,20). The van der Waals surface area contributed by atoms with Gasteiger partial charge in [0.1, 0.15) is 17.9 Å². The van der Waals surface area contributed by atoms with Gasteiger partial charge in [-0.3, -0.25) is 4.79 Å². The molecule has 0 saturated heterocycles. The van der Waals surface area contributed by atoms with E-state index in [1.165, 1.54) is 13.8 Å². The minimum atomic E-state index is -1.32. The average Bonchev–Trinajstić information content (AvgIpc) is 2.38. The van der Waals surface area contributed by atoms with Crippen molar-refractivity contribution < 1.29 is 19.4 Å². The van der Waals surface area contributed by atoms with Crippen LogP contribution in [0.15, 0.2) is 35.9 Å². The second-order valence-corrected chi connectivity index (χ2v) is 5.50. The Balaban J connectivity index is 2.78. The first kappa shape index (κ1) is 16.8. The van der Waals surface area contributed by atoms with Crippen LogP contribution >= 0.6 is 0 Å². The van der Waals surface area contributed by atoms with Crippen LogP contribution in [0.3, 0.4) is 0 Å². The van der Waals surface area contributed by atoms with Gasteiger partial charge in [-0.2, -0.15) is 0 Å². The Labute approximate surface area is 124 Å². The molecule has 0 spiro atoms. The minimum absolute atomic E-state index is 0.360. The Morgan fingerprint density at radius 3 is 2.57 bits per heavy atom. The number of benzene rings is 1. The highest BCUT2D eigenvalue weighted by atomic mass is 16.5. The summed E-state index contributed by atoms with van der Waals surface area (Å²) in [6, 6.07) is 6.64. The molecule has 1 aromatic carbocycles. The van der Waals surface area contributed by atoms with Crippen LogP contribution in [0.1, 0.15) is 38.1 Å². The molecule has 0 aliphatic rings. The highest BCUT2D eigenvalue weighted by Crippen LogP contribution is 2.14. The lowest BCUT2D eigenvalue weighted by Crippen LogP contribution is -2.49. The zero-order chi connectivity index (χ0) is 16.0. The van der Waals surface area contributed by atoms with Crippen molar-refractivity contribution in [3.63, 3.8) is 0 Å². The summed E-state index contributed by atoms with van der Waals surface area (Å²) >= 11 is 0. The third kappa shape index (κ3) is 5.30. The van der Waals surface area contributed by atoms with Crippen molar-refractivity contribution in [3.05, 3.63) is 41.5 Å². The van der Waals surface area contributed by atoms with Crippen molar-refractivity contribution in [2.75, 3.05) is 6.61 Å². The molecule has 21 heavy (non-hydrogen) atoms. The Kier molecular flexibility index (Phi) is 5.52. The van der Waals surface area contributed by atoms with Gasteiger partial charge in [-0.15, -0.1) is 0 Å². The van der Waals surface area contributed by atoms with Crippen molar-refractivity contribution in [1.82, 2.24) is 5.32 Å². The summed E-state index contributed by atoms with van der Waals surface area (Å²) in [5, 5.41) is 11.5. The normalized spacial score (nSPS) is 10.7. The number of carboxylic acid groups (broad SMARTS) is 1. The van der Waals surface area contributed by atoms with E-state index in [9.17, 15) is 9.59 Å². The molecule has 2 N–H and O–H groups in total. The highest BCUT2D eigenvalue weighted by Gasteiger charge is 2.29. The Morgan fingerprint density at radius 2 is 2.00 bits per heavy atom. The topological polar surface area (TPSA) is 75.6 Å². The van der Waals surface area contributed by atoms with E-state index in [-0.39, 0.29) is 0 Å². The molecule has 114 valence electrons. The van der Waals surface area contributed by atoms with Crippen LogP contribution in [0.5, 0.6) is 5.75 Å². The number of amides is 1. The molecule has 5 nitrogen and oxygen atoms in total. The molecule has 1 amide bonds. The van der Waals surface area contributed by atoms with E-state index < -0.39 is 17.4 Å². The summed E-state index contributed by atoms with van der Waals surface area (Å²) in [6.45, 7) is 7.24. The van der Waals surface area contributed by atoms with Crippen LogP contribution in [0.4, 0.5) is 0 Å². The van der Waals surface area contributed by atoms with Gasteiger partial charge in [-0.1, -0.05) is 11.6 Å². The molecule has 1 aromatic rings. The zero-order valence-corrected chi connectivity index (χ0v) is 12.8. The predicted octanol–water partition coefficient (Wildman–Crippen LogP) is 2.62. The molecule has 0 heterocycles. The number of rotatable bonds is 6. The van der Waals surface area contributed by atoms with Crippen LogP contribution < -0.4 is 10.1 Å². The molecular weight excluding hydrogens is 270 g/mol. The molecule has 0 aliphatic carbocycles. The fourth-order valence-electron chi connectivity index (χ4n) is 1.44. The molecule has 0 atom stereocenters. The third-order valence-corrected chi connectivity index (χ3v) is 2.80. The predicted molar refractivity (Wildman–Crippen MR) is 80.5 cm³/mol. The van der Waals surface area contributed by atoms with Gasteiger partial charge in [0.25, 0.3) is 5.91 Å². The van der Waals surface area contributed by atoms with Gasteiger partial charge in [0, 0.05) is 5.56 Å². The molecule has 0 fully saturated rings. The molecule has 0 radical (unpaired) electrons. The maximum Gasteiger partial charge on any atom is 0.328 e. The van der Waals surface area contributed by atoms with Crippen LogP contribution in [0.25, 0.3) is 0 Å². The zero-order valence-electron chi connectivity index (χ0n) is 12.8. The van der Waals surface area contributed by atoms with Crippen molar-refractivity contribution in [2.24, 2.45) is 0 Å². The Morgan fingerprint density at radius 1 is 1.33 bits per heavy atom. The van der Waals surface area contributed by atoms with E-state index in [4.69, 9.17) is 9.84 Å². The quantitative estimate of drug-likeness (QED) is 0.790. The number of carboxylic acids is 1. The fraction of sp³-hybridized carbons (Fsp3) is 0.375. The summed E-state index contributed by atoms with van der Waals surface area (Å²) < 4.78 is 5.51. The summed E-state index contributed by atoms with van der Waals surface area (Å²) in [6.07, 6.45) is 1.93. The van der Waals surface area contributed by atoms with Gasteiger partial charge in [0.15, 0.2) is 0 Å². The van der Waals surface area contributed by atoms with Gasteiger partial charge >= 0.3 is 5.97 Å². The lowest BCUT2D eigenvalue weighted by Gasteiger charge is -2.21. The summed E-state index contributed by atoms with van der Waals surface area (Å²) in [4.78, 5) is 23.1. The molecular formula is C16H21NO4. The maximum absolute atomic E-state index is 12.1.